The summed E-state index contributed by atoms with van der Waals surface area (Å²) in [6, 6.07) is 4.95. The summed E-state index contributed by atoms with van der Waals surface area (Å²) in [6.45, 7) is 3.72. The van der Waals surface area contributed by atoms with Gasteiger partial charge in [0.1, 0.15) is 5.82 Å². The molecule has 1 unspecified atom stereocenters. The monoisotopic (exact) mass is 332 g/mol. The first kappa shape index (κ1) is 17.4. The third kappa shape index (κ3) is 3.08. The largest absolute Gasteiger partial charge is 0.320 e. The first-order valence-corrected chi connectivity index (χ1v) is 9.37. The highest BCUT2D eigenvalue weighted by Crippen LogP contribution is 2.46. The van der Waals surface area contributed by atoms with Crippen molar-refractivity contribution in [2.45, 2.75) is 57.3 Å². The van der Waals surface area contributed by atoms with Gasteiger partial charge in [0.15, 0.2) is 0 Å². The van der Waals surface area contributed by atoms with Crippen LogP contribution < -0.4 is 10.2 Å². The number of benzene rings is 1. The van der Waals surface area contributed by atoms with Crippen molar-refractivity contribution >= 4 is 11.6 Å². The highest BCUT2D eigenvalue weighted by molar-refractivity contribution is 5.97. The summed E-state index contributed by atoms with van der Waals surface area (Å²) in [6.07, 6.45) is 7.39. The SMILES string of the molecule is CCC1(CCNC)CN(C(=O)C2CCCCC2)c2ccc(F)cc21. The summed E-state index contributed by atoms with van der Waals surface area (Å²) >= 11 is 0. The molecule has 1 atom stereocenters. The van der Waals surface area contributed by atoms with E-state index in [-0.39, 0.29) is 23.1 Å². The van der Waals surface area contributed by atoms with Crippen molar-refractivity contribution in [1.82, 2.24) is 5.32 Å². The van der Waals surface area contributed by atoms with Gasteiger partial charge in [-0.2, -0.15) is 0 Å². The molecule has 0 radical (unpaired) electrons. The van der Waals surface area contributed by atoms with E-state index in [1.807, 2.05) is 18.0 Å². The van der Waals surface area contributed by atoms with Crippen LogP contribution in [0.5, 0.6) is 0 Å². The number of nitrogens with zero attached hydrogens (tertiary/aromatic N) is 1. The molecule has 1 aliphatic carbocycles. The Labute approximate surface area is 144 Å². The number of rotatable bonds is 5. The fourth-order valence-electron chi connectivity index (χ4n) is 4.47. The second kappa shape index (κ2) is 7.22. The van der Waals surface area contributed by atoms with Gasteiger partial charge < -0.3 is 10.2 Å². The molecule has 0 bridgehead atoms. The molecule has 1 saturated carbocycles. The number of halogens is 1. The minimum Gasteiger partial charge on any atom is -0.320 e. The van der Waals surface area contributed by atoms with E-state index in [1.54, 1.807) is 6.07 Å². The van der Waals surface area contributed by atoms with E-state index in [0.717, 1.165) is 56.3 Å². The lowest BCUT2D eigenvalue weighted by atomic mass is 9.77. The number of amides is 1. The lowest BCUT2D eigenvalue weighted by Crippen LogP contribution is -2.41. The molecule has 1 aliphatic heterocycles. The van der Waals surface area contributed by atoms with Crippen molar-refractivity contribution in [3.05, 3.63) is 29.6 Å². The number of nitrogens with one attached hydrogen (secondary N) is 1. The first-order chi connectivity index (χ1) is 11.6. The zero-order chi connectivity index (χ0) is 17.2. The van der Waals surface area contributed by atoms with Gasteiger partial charge in [-0.15, -0.1) is 0 Å². The molecule has 0 aromatic heterocycles. The van der Waals surface area contributed by atoms with Gasteiger partial charge in [-0.3, -0.25) is 4.79 Å². The maximum Gasteiger partial charge on any atom is 0.230 e. The Balaban J connectivity index is 1.93. The van der Waals surface area contributed by atoms with E-state index in [1.165, 1.54) is 12.5 Å². The standard InChI is InChI=1S/C20H29FN2O/c1-3-20(11-12-22-2)14-23(18-10-9-16(21)13-17(18)20)19(24)15-7-5-4-6-8-15/h9-10,13,15,22H,3-8,11-12,14H2,1-2H3. The average Bonchev–Trinajstić information content (AvgIpc) is 2.94. The molecule has 1 aromatic carbocycles. The smallest absolute Gasteiger partial charge is 0.230 e. The predicted molar refractivity (Wildman–Crippen MR) is 95.8 cm³/mol. The van der Waals surface area contributed by atoms with Crippen LogP contribution in [-0.4, -0.2) is 26.0 Å². The molecule has 0 spiro atoms. The highest BCUT2D eigenvalue weighted by Gasteiger charge is 2.44. The molecule has 1 fully saturated rings. The third-order valence-electron chi connectivity index (χ3n) is 6.03. The summed E-state index contributed by atoms with van der Waals surface area (Å²) in [5.74, 6) is 0.193. The molecule has 4 heteroatoms. The number of fused-ring (bicyclic) bond motifs is 1. The first-order valence-electron chi connectivity index (χ1n) is 9.37. The average molecular weight is 332 g/mol. The van der Waals surface area contributed by atoms with Crippen LogP contribution in [0.15, 0.2) is 18.2 Å². The second-order valence-corrected chi connectivity index (χ2v) is 7.41. The van der Waals surface area contributed by atoms with Gasteiger partial charge >= 0.3 is 0 Å². The number of carbonyl (C=O) groups excluding carboxylic acids is 1. The number of anilines is 1. The van der Waals surface area contributed by atoms with Gasteiger partial charge in [0.05, 0.1) is 0 Å². The molecule has 2 aliphatic rings. The number of hydrogen-bond donors (Lipinski definition) is 1. The van der Waals surface area contributed by atoms with Gasteiger partial charge in [-0.05, 0) is 63.0 Å². The Kier molecular flexibility index (Phi) is 5.24. The molecule has 1 heterocycles. The maximum atomic E-state index is 13.9. The summed E-state index contributed by atoms with van der Waals surface area (Å²) in [4.78, 5) is 15.1. The molecule has 1 aromatic rings. The number of hydrogen-bond acceptors (Lipinski definition) is 2. The van der Waals surface area contributed by atoms with E-state index in [4.69, 9.17) is 0 Å². The molecule has 132 valence electrons. The van der Waals surface area contributed by atoms with Crippen LogP contribution in [-0.2, 0) is 10.2 Å². The Bertz CT molecular complexity index is 597. The Morgan fingerprint density at radius 2 is 2.08 bits per heavy atom. The van der Waals surface area contributed by atoms with Crippen molar-refractivity contribution in [1.29, 1.82) is 0 Å². The molecule has 3 rings (SSSR count). The molecule has 3 nitrogen and oxygen atoms in total. The molecular formula is C20H29FN2O. The van der Waals surface area contributed by atoms with Crippen LogP contribution >= 0.6 is 0 Å². The Hall–Kier alpha value is -1.42. The zero-order valence-corrected chi connectivity index (χ0v) is 14.9. The van der Waals surface area contributed by atoms with Crippen molar-refractivity contribution in [3.8, 4) is 0 Å². The maximum absolute atomic E-state index is 13.9. The van der Waals surface area contributed by atoms with Gasteiger partial charge in [-0.1, -0.05) is 26.2 Å². The van der Waals surface area contributed by atoms with Crippen LogP contribution in [0.4, 0.5) is 10.1 Å². The highest BCUT2D eigenvalue weighted by atomic mass is 19.1. The molecule has 1 N–H and O–H groups in total. The topological polar surface area (TPSA) is 32.3 Å². The van der Waals surface area contributed by atoms with Crippen molar-refractivity contribution in [3.63, 3.8) is 0 Å². The second-order valence-electron chi connectivity index (χ2n) is 7.41. The van der Waals surface area contributed by atoms with E-state index in [2.05, 4.69) is 12.2 Å². The minimum atomic E-state index is -0.206. The van der Waals surface area contributed by atoms with Crippen molar-refractivity contribution in [2.75, 3.05) is 25.0 Å². The predicted octanol–water partition coefficient (Wildman–Crippen LogP) is 4.01. The summed E-state index contributed by atoms with van der Waals surface area (Å²) in [5.41, 5.74) is 1.82. The van der Waals surface area contributed by atoms with E-state index >= 15 is 0 Å². The molecule has 1 amide bonds. The minimum absolute atomic E-state index is 0.134. The zero-order valence-electron chi connectivity index (χ0n) is 14.9. The van der Waals surface area contributed by atoms with E-state index in [0.29, 0.717) is 6.54 Å². The lowest BCUT2D eigenvalue weighted by Gasteiger charge is -2.31. The van der Waals surface area contributed by atoms with Gasteiger partial charge in [-0.25, -0.2) is 4.39 Å². The van der Waals surface area contributed by atoms with E-state index in [9.17, 15) is 9.18 Å². The van der Waals surface area contributed by atoms with Crippen molar-refractivity contribution < 1.29 is 9.18 Å². The fraction of sp³-hybridized carbons (Fsp3) is 0.650. The summed E-state index contributed by atoms with van der Waals surface area (Å²) in [7, 11) is 1.94. The van der Waals surface area contributed by atoms with Gasteiger partial charge in [0, 0.05) is 23.6 Å². The van der Waals surface area contributed by atoms with Gasteiger partial charge in [0.2, 0.25) is 5.91 Å². The van der Waals surface area contributed by atoms with Crippen molar-refractivity contribution in [2.24, 2.45) is 5.92 Å². The van der Waals surface area contributed by atoms with Gasteiger partial charge in [0.25, 0.3) is 0 Å². The van der Waals surface area contributed by atoms with Crippen LogP contribution in [0.2, 0.25) is 0 Å². The number of carbonyl (C=O) groups is 1. The fourth-order valence-corrected chi connectivity index (χ4v) is 4.47. The summed E-state index contributed by atoms with van der Waals surface area (Å²) in [5, 5.41) is 3.21. The lowest BCUT2D eigenvalue weighted by molar-refractivity contribution is -0.123. The molecular weight excluding hydrogens is 303 g/mol. The van der Waals surface area contributed by atoms with Crippen LogP contribution in [0.25, 0.3) is 0 Å². The quantitative estimate of drug-likeness (QED) is 0.883. The Morgan fingerprint density at radius 1 is 1.33 bits per heavy atom. The van der Waals surface area contributed by atoms with E-state index < -0.39 is 0 Å². The van der Waals surface area contributed by atoms with Crippen LogP contribution in [0.3, 0.4) is 0 Å². The van der Waals surface area contributed by atoms with Crippen LogP contribution in [0.1, 0.15) is 57.4 Å². The third-order valence-corrected chi connectivity index (χ3v) is 6.03. The Morgan fingerprint density at radius 3 is 2.75 bits per heavy atom. The van der Waals surface area contributed by atoms with Crippen LogP contribution in [0, 0.1) is 11.7 Å². The summed E-state index contributed by atoms with van der Waals surface area (Å²) < 4.78 is 13.9. The molecule has 24 heavy (non-hydrogen) atoms. The normalized spacial score (nSPS) is 24.2. The molecule has 0 saturated heterocycles.